The van der Waals surface area contributed by atoms with Gasteiger partial charge < -0.3 is 15.5 Å². The van der Waals surface area contributed by atoms with E-state index in [4.69, 9.17) is 0 Å². The van der Waals surface area contributed by atoms with Crippen LogP contribution < -0.4 is 10.2 Å². The van der Waals surface area contributed by atoms with Gasteiger partial charge in [-0.15, -0.1) is 5.10 Å². The number of ketones is 1. The fourth-order valence-corrected chi connectivity index (χ4v) is 5.53. The first kappa shape index (κ1) is 25.4. The molecule has 2 fully saturated rings. The maximum atomic E-state index is 13.9. The summed E-state index contributed by atoms with van der Waals surface area (Å²) in [6.45, 7) is 0. The molecule has 0 radical (unpaired) electrons. The van der Waals surface area contributed by atoms with E-state index in [9.17, 15) is 29.0 Å². The number of phenolic OH excluding ortho intramolecular Hbond substituents is 1. The van der Waals surface area contributed by atoms with Crippen molar-refractivity contribution in [3.8, 4) is 5.75 Å². The van der Waals surface area contributed by atoms with Crippen molar-refractivity contribution < 1.29 is 29.0 Å². The Morgan fingerprint density at radius 2 is 1.71 bits per heavy atom. The number of aliphatic hydroxyl groups excluding tert-OH is 1. The van der Waals surface area contributed by atoms with Gasteiger partial charge in [0.15, 0.2) is 5.17 Å². The smallest absolute Gasteiger partial charge is 0.301 e. The molecular weight excluding hydrogens is 579 g/mol. The van der Waals surface area contributed by atoms with E-state index in [0.29, 0.717) is 16.2 Å². The molecule has 3 aromatic carbocycles. The van der Waals surface area contributed by atoms with Crippen LogP contribution in [0.25, 0.3) is 5.76 Å². The molecule has 2 saturated heterocycles. The van der Waals surface area contributed by atoms with Crippen molar-refractivity contribution in [1.29, 1.82) is 0 Å². The van der Waals surface area contributed by atoms with Crippen LogP contribution in [0.3, 0.4) is 0 Å². The zero-order chi connectivity index (χ0) is 27.0. The van der Waals surface area contributed by atoms with Crippen molar-refractivity contribution >= 4 is 68.1 Å². The Morgan fingerprint density at radius 3 is 2.42 bits per heavy atom. The van der Waals surface area contributed by atoms with Crippen LogP contribution in [-0.2, 0) is 14.4 Å². The first-order valence-corrected chi connectivity index (χ1v) is 12.6. The summed E-state index contributed by atoms with van der Waals surface area (Å²) < 4.78 is 14.6. The number of nitrogens with one attached hydrogen (secondary N) is 1. The van der Waals surface area contributed by atoms with Gasteiger partial charge in [0.1, 0.15) is 17.3 Å². The van der Waals surface area contributed by atoms with E-state index in [2.05, 4.69) is 31.4 Å². The number of amidine groups is 1. The molecule has 0 bridgehead atoms. The van der Waals surface area contributed by atoms with Crippen LogP contribution in [0, 0.1) is 5.82 Å². The number of phenols is 1. The van der Waals surface area contributed by atoms with Gasteiger partial charge in [-0.25, -0.2) is 4.39 Å². The topological polar surface area (TPSA) is 132 Å². The monoisotopic (exact) mass is 594 g/mol. The summed E-state index contributed by atoms with van der Waals surface area (Å²) in [5.41, 5.74) is -0.294. The summed E-state index contributed by atoms with van der Waals surface area (Å²) in [6, 6.07) is 17.8. The van der Waals surface area contributed by atoms with Crippen molar-refractivity contribution in [1.82, 2.24) is 5.32 Å². The Bertz CT molecular complexity index is 1590. The molecule has 3 aromatic rings. The molecular formula is C26H16BrFN4O5S. The first-order valence-electron chi connectivity index (χ1n) is 11.0. The highest BCUT2D eigenvalue weighted by molar-refractivity contribution is 9.10. The van der Waals surface area contributed by atoms with Crippen molar-refractivity contribution in [2.45, 2.75) is 4.87 Å². The van der Waals surface area contributed by atoms with Crippen molar-refractivity contribution in [2.24, 2.45) is 10.2 Å². The standard InChI is InChI=1S/C26H16BrFN4O5S/c27-16-11-9-14(10-12-16)21(34)20-22(35)23(36)32(18-7-3-4-8-19(18)33)26(20)24(37)30-25(38-26)31-29-13-15-5-1-2-6-17(15)28/h1-13,33-34H,(H,30,31,37)/b21-20-,29-13?. The SMILES string of the molecule is O=C1C(=O)N(c2ccccc2O)C2(SC(=NN=Cc3ccccc3F)NC2=O)/C1=C(\O)c1ccc(Br)cc1. The van der Waals surface area contributed by atoms with Gasteiger partial charge in [-0.05, 0) is 42.1 Å². The second kappa shape index (κ2) is 9.88. The number of benzene rings is 3. The second-order valence-electron chi connectivity index (χ2n) is 8.06. The second-order valence-corrected chi connectivity index (χ2v) is 10.2. The third-order valence-corrected chi connectivity index (χ3v) is 7.55. The molecule has 1 spiro atoms. The van der Waals surface area contributed by atoms with Crippen LogP contribution in [0.4, 0.5) is 10.1 Å². The number of anilines is 1. The number of hydrogen-bond donors (Lipinski definition) is 3. The number of Topliss-reactive ketones (excluding diaryl/α,β-unsaturated/α-hetero) is 1. The van der Waals surface area contributed by atoms with Crippen LogP contribution >= 0.6 is 27.7 Å². The Hall–Kier alpha value is -4.29. The molecule has 2 amide bonds. The number of carbonyl (C=O) groups is 3. The van der Waals surface area contributed by atoms with E-state index in [1.165, 1.54) is 54.6 Å². The molecule has 2 aliphatic rings. The lowest BCUT2D eigenvalue weighted by atomic mass is 9.99. The normalized spacial score (nSPS) is 21.7. The van der Waals surface area contributed by atoms with Gasteiger partial charge in [-0.3, -0.25) is 19.3 Å². The number of carbonyl (C=O) groups excluding carboxylic acids is 3. The molecule has 3 N–H and O–H groups in total. The highest BCUT2D eigenvalue weighted by atomic mass is 79.9. The molecule has 2 aliphatic heterocycles. The molecule has 0 aliphatic carbocycles. The average molecular weight is 595 g/mol. The number of aromatic hydroxyl groups is 1. The first-order chi connectivity index (χ1) is 18.2. The van der Waals surface area contributed by atoms with E-state index in [1.54, 1.807) is 18.2 Å². The van der Waals surface area contributed by atoms with Gasteiger partial charge in [0, 0.05) is 15.6 Å². The number of amides is 2. The molecule has 0 aromatic heterocycles. The van der Waals surface area contributed by atoms with Gasteiger partial charge in [-0.1, -0.05) is 58.4 Å². The third kappa shape index (κ3) is 4.17. The van der Waals surface area contributed by atoms with Gasteiger partial charge in [-0.2, -0.15) is 5.10 Å². The summed E-state index contributed by atoms with van der Waals surface area (Å²) in [7, 11) is 0. The zero-order valence-corrected chi connectivity index (χ0v) is 21.5. The molecule has 9 nitrogen and oxygen atoms in total. The quantitative estimate of drug-likeness (QED) is 0.137. The predicted octanol–water partition coefficient (Wildman–Crippen LogP) is 4.13. The highest BCUT2D eigenvalue weighted by Crippen LogP contribution is 2.52. The molecule has 0 saturated carbocycles. The van der Waals surface area contributed by atoms with Crippen LogP contribution in [0.5, 0.6) is 5.75 Å². The van der Waals surface area contributed by atoms with Gasteiger partial charge in [0.05, 0.1) is 17.5 Å². The molecule has 190 valence electrons. The number of aliphatic hydroxyl groups is 1. The van der Waals surface area contributed by atoms with E-state index < -0.39 is 39.6 Å². The summed E-state index contributed by atoms with van der Waals surface area (Å²) in [4.78, 5) is 38.9. The molecule has 12 heteroatoms. The molecule has 38 heavy (non-hydrogen) atoms. The van der Waals surface area contributed by atoms with Crippen molar-refractivity contribution in [3.05, 3.63) is 99.8 Å². The average Bonchev–Trinajstić information content (AvgIpc) is 3.33. The Balaban J connectivity index is 1.66. The predicted molar refractivity (Wildman–Crippen MR) is 144 cm³/mol. The zero-order valence-electron chi connectivity index (χ0n) is 19.1. The maximum absolute atomic E-state index is 13.9. The van der Waals surface area contributed by atoms with E-state index >= 15 is 0 Å². The highest BCUT2D eigenvalue weighted by Gasteiger charge is 2.66. The lowest BCUT2D eigenvalue weighted by Gasteiger charge is -2.31. The lowest BCUT2D eigenvalue weighted by molar-refractivity contribution is -0.132. The summed E-state index contributed by atoms with van der Waals surface area (Å²) in [5.74, 6) is -4.63. The number of rotatable bonds is 4. The lowest BCUT2D eigenvalue weighted by Crippen LogP contribution is -2.50. The van der Waals surface area contributed by atoms with Crippen LogP contribution in [0.2, 0.25) is 0 Å². The van der Waals surface area contributed by atoms with E-state index in [-0.39, 0.29) is 27.7 Å². The fourth-order valence-electron chi connectivity index (χ4n) is 4.04. The minimum Gasteiger partial charge on any atom is -0.507 e. The Labute approximate surface area is 227 Å². The number of para-hydroxylation sites is 2. The minimum atomic E-state index is -2.16. The number of nitrogens with zero attached hydrogens (tertiary/aromatic N) is 3. The molecule has 1 unspecified atom stereocenters. The fraction of sp³-hybridized carbons (Fsp3) is 0.0385. The Morgan fingerprint density at radius 1 is 1.03 bits per heavy atom. The van der Waals surface area contributed by atoms with E-state index in [0.717, 1.165) is 11.1 Å². The van der Waals surface area contributed by atoms with Gasteiger partial charge in [0.2, 0.25) is 4.87 Å². The molecule has 2 heterocycles. The number of thioether (sulfide) groups is 1. The summed E-state index contributed by atoms with van der Waals surface area (Å²) in [6.07, 6.45) is 1.14. The van der Waals surface area contributed by atoms with Crippen LogP contribution in [0.1, 0.15) is 11.1 Å². The van der Waals surface area contributed by atoms with Crippen LogP contribution in [-0.4, -0.2) is 44.1 Å². The minimum absolute atomic E-state index is 0.119. The van der Waals surface area contributed by atoms with Gasteiger partial charge >= 0.3 is 5.91 Å². The van der Waals surface area contributed by atoms with Crippen molar-refractivity contribution in [3.63, 3.8) is 0 Å². The van der Waals surface area contributed by atoms with Crippen LogP contribution in [0.15, 0.2) is 93.0 Å². The van der Waals surface area contributed by atoms with Crippen molar-refractivity contribution in [2.75, 3.05) is 4.90 Å². The largest absolute Gasteiger partial charge is 0.507 e. The molecule has 5 rings (SSSR count). The summed E-state index contributed by atoms with van der Waals surface area (Å²) >= 11 is 3.94. The Kier molecular flexibility index (Phi) is 6.59. The van der Waals surface area contributed by atoms with Gasteiger partial charge in [0.25, 0.3) is 11.7 Å². The number of hydrogen-bond acceptors (Lipinski definition) is 8. The third-order valence-electron chi connectivity index (χ3n) is 5.78. The molecule has 1 atom stereocenters. The number of halogens is 2. The maximum Gasteiger partial charge on any atom is 0.301 e. The summed E-state index contributed by atoms with van der Waals surface area (Å²) in [5, 5.41) is 31.9. The van der Waals surface area contributed by atoms with E-state index in [1.807, 2.05) is 0 Å².